The number of imide groups is 1. The summed E-state index contributed by atoms with van der Waals surface area (Å²) in [5.74, 6) is -1.61. The first-order valence-electron chi connectivity index (χ1n) is 9.17. The van der Waals surface area contributed by atoms with Crippen molar-refractivity contribution in [2.24, 2.45) is 11.8 Å². The highest BCUT2D eigenvalue weighted by atomic mass is 16.7. The molecule has 3 saturated heterocycles. The number of anilines is 1. The van der Waals surface area contributed by atoms with E-state index in [4.69, 9.17) is 14.2 Å². The number of nitrogens with zero attached hydrogens (tertiary/aromatic N) is 1. The molecule has 6 rings (SSSR count). The van der Waals surface area contributed by atoms with Gasteiger partial charge in [-0.25, -0.2) is 4.90 Å². The van der Waals surface area contributed by atoms with Crippen molar-refractivity contribution in [3.63, 3.8) is 0 Å². The minimum atomic E-state index is -1.02. The van der Waals surface area contributed by atoms with Crippen molar-refractivity contribution in [1.29, 1.82) is 0 Å². The Morgan fingerprint density at radius 3 is 2.59 bits per heavy atom. The number of fused-ring (bicyclic) bond motifs is 6. The lowest BCUT2D eigenvalue weighted by atomic mass is 9.76. The van der Waals surface area contributed by atoms with E-state index in [1.54, 1.807) is 0 Å². The van der Waals surface area contributed by atoms with Crippen LogP contribution < -0.4 is 4.90 Å². The summed E-state index contributed by atoms with van der Waals surface area (Å²) < 4.78 is 17.5. The first kappa shape index (κ1) is 15.5. The summed E-state index contributed by atoms with van der Waals surface area (Å²) in [6.45, 7) is 0.918. The molecule has 136 valence electrons. The van der Waals surface area contributed by atoms with E-state index < -0.39 is 29.8 Å². The quantitative estimate of drug-likeness (QED) is 0.603. The lowest BCUT2D eigenvalue weighted by molar-refractivity contribution is -0.180. The van der Waals surface area contributed by atoms with Gasteiger partial charge in [0.2, 0.25) is 11.8 Å². The number of benzene rings is 2. The van der Waals surface area contributed by atoms with Crippen LogP contribution in [0.25, 0.3) is 10.8 Å². The number of carbonyl (C=O) groups excluding carboxylic acids is 2. The van der Waals surface area contributed by atoms with Crippen LogP contribution >= 0.6 is 0 Å². The predicted molar refractivity (Wildman–Crippen MR) is 95.9 cm³/mol. The van der Waals surface area contributed by atoms with Gasteiger partial charge in [0, 0.05) is 5.39 Å². The van der Waals surface area contributed by atoms with Crippen LogP contribution in [0.4, 0.5) is 5.69 Å². The van der Waals surface area contributed by atoms with E-state index in [0.29, 0.717) is 18.9 Å². The first-order valence-corrected chi connectivity index (χ1v) is 9.17. The highest BCUT2D eigenvalue weighted by Crippen LogP contribution is 2.55. The van der Waals surface area contributed by atoms with Gasteiger partial charge in [-0.1, -0.05) is 42.5 Å². The maximum atomic E-state index is 13.5. The SMILES string of the molecule is O=C1[C@@H]2[C@@H](C(=O)N1c1cccc3ccccc13)[C@@]1(C3OCCO3)C=C[C@H]2O1. The van der Waals surface area contributed by atoms with Gasteiger partial charge in [0.25, 0.3) is 0 Å². The van der Waals surface area contributed by atoms with E-state index in [1.165, 1.54) is 4.90 Å². The summed E-state index contributed by atoms with van der Waals surface area (Å²) in [5, 5.41) is 1.87. The second-order valence-electron chi connectivity index (χ2n) is 7.38. The van der Waals surface area contributed by atoms with Gasteiger partial charge in [0.1, 0.15) is 0 Å². The Labute approximate surface area is 155 Å². The Morgan fingerprint density at radius 1 is 0.963 bits per heavy atom. The van der Waals surface area contributed by atoms with E-state index in [9.17, 15) is 9.59 Å². The monoisotopic (exact) mass is 363 g/mol. The number of amides is 2. The molecule has 3 fully saturated rings. The molecule has 0 aromatic heterocycles. The number of hydrogen-bond donors (Lipinski definition) is 0. The first-order chi connectivity index (χ1) is 13.2. The lowest BCUT2D eigenvalue weighted by Crippen LogP contribution is -2.49. The fourth-order valence-corrected chi connectivity index (χ4v) is 4.97. The van der Waals surface area contributed by atoms with Crippen molar-refractivity contribution in [1.82, 2.24) is 0 Å². The van der Waals surface area contributed by atoms with Crippen LogP contribution in [-0.4, -0.2) is 43.0 Å². The summed E-state index contributed by atoms with van der Waals surface area (Å²) in [7, 11) is 0. The van der Waals surface area contributed by atoms with Crippen LogP contribution in [0.15, 0.2) is 54.6 Å². The molecule has 2 amide bonds. The normalized spacial score (nSPS) is 35.0. The molecule has 0 unspecified atom stereocenters. The molecule has 0 spiro atoms. The van der Waals surface area contributed by atoms with Gasteiger partial charge in [0.15, 0.2) is 11.9 Å². The summed E-state index contributed by atoms with van der Waals surface area (Å²) in [4.78, 5) is 28.1. The van der Waals surface area contributed by atoms with Gasteiger partial charge in [-0.3, -0.25) is 9.59 Å². The molecule has 2 bridgehead atoms. The summed E-state index contributed by atoms with van der Waals surface area (Å²) in [5.41, 5.74) is -0.391. The van der Waals surface area contributed by atoms with E-state index in [1.807, 2.05) is 54.6 Å². The van der Waals surface area contributed by atoms with Crippen molar-refractivity contribution in [3.8, 4) is 0 Å². The highest BCUT2D eigenvalue weighted by Gasteiger charge is 2.71. The van der Waals surface area contributed by atoms with Crippen LogP contribution in [0, 0.1) is 11.8 Å². The molecule has 4 aliphatic heterocycles. The molecule has 4 heterocycles. The largest absolute Gasteiger partial charge is 0.357 e. The minimum absolute atomic E-state index is 0.212. The zero-order valence-electron chi connectivity index (χ0n) is 14.4. The van der Waals surface area contributed by atoms with Crippen LogP contribution in [0.3, 0.4) is 0 Å². The maximum absolute atomic E-state index is 13.5. The molecule has 0 aliphatic carbocycles. The van der Waals surface area contributed by atoms with Gasteiger partial charge in [-0.2, -0.15) is 0 Å². The third-order valence-electron chi connectivity index (χ3n) is 6.08. The molecular formula is C21H17NO5. The van der Waals surface area contributed by atoms with E-state index in [2.05, 4.69) is 0 Å². The van der Waals surface area contributed by atoms with Crippen molar-refractivity contribution < 1.29 is 23.8 Å². The fourth-order valence-electron chi connectivity index (χ4n) is 4.97. The third-order valence-corrected chi connectivity index (χ3v) is 6.08. The zero-order valence-corrected chi connectivity index (χ0v) is 14.4. The van der Waals surface area contributed by atoms with Crippen LogP contribution in [0.2, 0.25) is 0 Å². The van der Waals surface area contributed by atoms with Crippen molar-refractivity contribution in [2.75, 3.05) is 18.1 Å². The van der Waals surface area contributed by atoms with E-state index in [-0.39, 0.29) is 11.8 Å². The van der Waals surface area contributed by atoms with Crippen molar-refractivity contribution in [3.05, 3.63) is 54.6 Å². The number of ether oxygens (including phenoxy) is 3. The second-order valence-corrected chi connectivity index (χ2v) is 7.38. The van der Waals surface area contributed by atoms with E-state index >= 15 is 0 Å². The van der Waals surface area contributed by atoms with Crippen LogP contribution in [-0.2, 0) is 23.8 Å². The summed E-state index contributed by atoms with van der Waals surface area (Å²) in [6, 6.07) is 13.4. The average molecular weight is 363 g/mol. The van der Waals surface area contributed by atoms with Gasteiger partial charge in [-0.15, -0.1) is 0 Å². The summed E-state index contributed by atoms with van der Waals surface area (Å²) in [6.07, 6.45) is 2.65. The Balaban J connectivity index is 1.48. The van der Waals surface area contributed by atoms with Crippen molar-refractivity contribution >= 4 is 28.3 Å². The van der Waals surface area contributed by atoms with Crippen LogP contribution in [0.5, 0.6) is 0 Å². The Morgan fingerprint density at radius 2 is 1.74 bits per heavy atom. The van der Waals surface area contributed by atoms with Gasteiger partial charge >= 0.3 is 0 Å². The third kappa shape index (κ3) is 1.85. The van der Waals surface area contributed by atoms with Crippen LogP contribution in [0.1, 0.15) is 0 Å². The van der Waals surface area contributed by atoms with Gasteiger partial charge < -0.3 is 14.2 Å². The molecule has 2 aromatic rings. The Kier molecular flexibility index (Phi) is 3.02. The Hall–Kier alpha value is -2.54. The van der Waals surface area contributed by atoms with Gasteiger partial charge in [-0.05, 0) is 17.5 Å². The number of rotatable bonds is 2. The smallest absolute Gasteiger partial charge is 0.241 e. The minimum Gasteiger partial charge on any atom is -0.357 e. The molecule has 2 aromatic carbocycles. The molecule has 4 aliphatic rings. The van der Waals surface area contributed by atoms with Gasteiger partial charge in [0.05, 0.1) is 36.8 Å². The summed E-state index contributed by atoms with van der Waals surface area (Å²) >= 11 is 0. The van der Waals surface area contributed by atoms with Crippen molar-refractivity contribution in [2.45, 2.75) is 18.0 Å². The number of carbonyl (C=O) groups is 2. The lowest BCUT2D eigenvalue weighted by Gasteiger charge is -2.32. The van der Waals surface area contributed by atoms with E-state index in [0.717, 1.165) is 10.8 Å². The second kappa shape index (κ2) is 5.25. The highest BCUT2D eigenvalue weighted by molar-refractivity contribution is 6.26. The molecular weight excluding hydrogens is 346 g/mol. The molecule has 6 nitrogen and oxygen atoms in total. The Bertz CT molecular complexity index is 1010. The fraction of sp³-hybridized carbons (Fsp3) is 0.333. The average Bonchev–Trinajstić information content (AvgIpc) is 3.45. The molecule has 0 N–H and O–H groups in total. The molecule has 0 saturated carbocycles. The standard InChI is InChI=1S/C21H17NO5/c23-18-16-15-8-9-21(27-15,20-25-10-11-26-20)17(16)19(24)22(18)14-7-3-5-12-4-1-2-6-13(12)14/h1-9,15-17,20H,10-11H2/t15-,16+,17+,21-/m1/s1. The topological polar surface area (TPSA) is 65.1 Å². The molecule has 0 radical (unpaired) electrons. The molecule has 6 heteroatoms. The zero-order chi connectivity index (χ0) is 18.2. The molecule has 4 atom stereocenters. The molecule has 27 heavy (non-hydrogen) atoms. The number of hydrogen-bond acceptors (Lipinski definition) is 5. The maximum Gasteiger partial charge on any atom is 0.241 e. The predicted octanol–water partition coefficient (Wildman–Crippen LogP) is 2.03.